The fourth-order valence-corrected chi connectivity index (χ4v) is 3.71. The van der Waals surface area contributed by atoms with Crippen LogP contribution in [0.15, 0.2) is 42.5 Å². The summed E-state index contributed by atoms with van der Waals surface area (Å²) in [5.41, 5.74) is 1.53. The smallest absolute Gasteiger partial charge is 0.182 e. The number of fused-ring (bicyclic) bond motifs is 3. The summed E-state index contributed by atoms with van der Waals surface area (Å²) in [7, 11) is 0. The minimum atomic E-state index is -0.305. The lowest BCUT2D eigenvalue weighted by Crippen LogP contribution is -2.01. The van der Waals surface area contributed by atoms with Gasteiger partial charge in [-0.3, -0.25) is 0 Å². The Balaban J connectivity index is 2.11. The Labute approximate surface area is 157 Å². The van der Waals surface area contributed by atoms with Gasteiger partial charge in [0.1, 0.15) is 0 Å². The van der Waals surface area contributed by atoms with Gasteiger partial charge in [-0.05, 0) is 30.3 Å². The van der Waals surface area contributed by atoms with Crippen molar-refractivity contribution in [3.8, 4) is 23.0 Å². The summed E-state index contributed by atoms with van der Waals surface area (Å²) in [5, 5.41) is 42.3. The predicted molar refractivity (Wildman–Crippen MR) is 102 cm³/mol. The first-order valence-corrected chi connectivity index (χ1v) is 8.45. The van der Waals surface area contributed by atoms with Gasteiger partial charge in [-0.2, -0.15) is 0 Å². The van der Waals surface area contributed by atoms with Gasteiger partial charge >= 0.3 is 0 Å². The van der Waals surface area contributed by atoms with Gasteiger partial charge in [0, 0.05) is 32.4 Å². The van der Waals surface area contributed by atoms with Gasteiger partial charge in [-0.25, -0.2) is 0 Å². The molecule has 0 unspecified atom stereocenters. The number of phenols is 4. The molecule has 26 heavy (non-hydrogen) atoms. The van der Waals surface area contributed by atoms with Crippen LogP contribution in [0.2, 0.25) is 10.0 Å². The molecule has 7 heteroatoms. The number of hydrogen-bond donors (Lipinski definition) is 4. The van der Waals surface area contributed by atoms with Crippen LogP contribution in [0.1, 0.15) is 5.56 Å². The third-order valence-electron chi connectivity index (χ3n) is 4.45. The monoisotopic (exact) mass is 389 g/mol. The van der Waals surface area contributed by atoms with Crippen LogP contribution in [0.5, 0.6) is 23.0 Å². The maximum Gasteiger partial charge on any atom is 0.182 e. The van der Waals surface area contributed by atoms with Gasteiger partial charge in [0.25, 0.3) is 0 Å². The normalized spacial score (nSPS) is 11.5. The van der Waals surface area contributed by atoms with E-state index >= 15 is 0 Å². The molecule has 0 bridgehead atoms. The molecule has 0 amide bonds. The summed E-state index contributed by atoms with van der Waals surface area (Å²) in [6.45, 7) is 0.194. The van der Waals surface area contributed by atoms with Gasteiger partial charge in [0.15, 0.2) is 23.0 Å². The van der Waals surface area contributed by atoms with Crippen molar-refractivity contribution in [2.75, 3.05) is 0 Å². The highest BCUT2D eigenvalue weighted by Crippen LogP contribution is 2.43. The second-order valence-electron chi connectivity index (χ2n) is 5.97. The number of phenolic OH excluding ortho intramolecular Hbond substituents is 4. The van der Waals surface area contributed by atoms with E-state index in [0.717, 1.165) is 0 Å². The van der Waals surface area contributed by atoms with Crippen LogP contribution in [-0.2, 0) is 6.54 Å². The van der Waals surface area contributed by atoms with Crippen molar-refractivity contribution in [3.05, 3.63) is 58.1 Å². The molecule has 5 nitrogen and oxygen atoms in total. The fraction of sp³-hybridized carbons (Fsp3) is 0.0526. The highest BCUT2D eigenvalue weighted by atomic mass is 35.5. The summed E-state index contributed by atoms with van der Waals surface area (Å²) in [6.07, 6.45) is 0. The maximum absolute atomic E-state index is 10.4. The second kappa shape index (κ2) is 5.90. The van der Waals surface area contributed by atoms with Crippen molar-refractivity contribution in [2.45, 2.75) is 6.54 Å². The Bertz CT molecular complexity index is 1160. The van der Waals surface area contributed by atoms with E-state index in [4.69, 9.17) is 23.2 Å². The molecule has 0 saturated heterocycles. The topological polar surface area (TPSA) is 85.9 Å². The van der Waals surface area contributed by atoms with E-state index in [0.29, 0.717) is 37.4 Å². The molecule has 0 spiro atoms. The van der Waals surface area contributed by atoms with Crippen molar-refractivity contribution in [1.29, 1.82) is 0 Å². The van der Waals surface area contributed by atoms with Crippen molar-refractivity contribution in [3.63, 3.8) is 0 Å². The lowest BCUT2D eigenvalue weighted by molar-refractivity contribution is 0.404. The Morgan fingerprint density at radius 1 is 0.769 bits per heavy atom. The molecule has 4 aromatic rings. The quantitative estimate of drug-likeness (QED) is 0.364. The van der Waals surface area contributed by atoms with Gasteiger partial charge in [0.2, 0.25) is 0 Å². The number of aromatic nitrogens is 1. The number of halogens is 2. The first-order valence-electron chi connectivity index (χ1n) is 7.70. The van der Waals surface area contributed by atoms with Crippen LogP contribution in [0.4, 0.5) is 0 Å². The van der Waals surface area contributed by atoms with Gasteiger partial charge in [-0.1, -0.05) is 29.3 Å². The molecule has 0 aliphatic heterocycles. The van der Waals surface area contributed by atoms with Crippen molar-refractivity contribution >= 4 is 45.0 Å². The van der Waals surface area contributed by atoms with E-state index < -0.39 is 0 Å². The first kappa shape index (κ1) is 16.7. The van der Waals surface area contributed by atoms with Gasteiger partial charge in [-0.15, -0.1) is 0 Å². The molecule has 132 valence electrons. The molecule has 0 saturated carbocycles. The van der Waals surface area contributed by atoms with E-state index in [2.05, 4.69) is 0 Å². The van der Waals surface area contributed by atoms with Crippen LogP contribution in [0.3, 0.4) is 0 Å². The third-order valence-corrected chi connectivity index (χ3v) is 5.16. The number of aromatic hydroxyl groups is 4. The Morgan fingerprint density at radius 2 is 1.42 bits per heavy atom. The largest absolute Gasteiger partial charge is 0.504 e. The summed E-state index contributed by atoms with van der Waals surface area (Å²) in [4.78, 5) is 0. The van der Waals surface area contributed by atoms with E-state index in [1.54, 1.807) is 28.8 Å². The van der Waals surface area contributed by atoms with Crippen LogP contribution >= 0.6 is 23.2 Å². The average molecular weight is 390 g/mol. The standard InChI is InChI=1S/C19H13Cl2NO4/c20-12-2-1-3-13(21)11(12)8-22-14-7-17(25)16(24)6-10(14)9-4-5-15(23)19(26)18(9)22/h1-7,23-26H,8H2. The molecule has 0 aliphatic rings. The minimum absolute atomic E-state index is 0.194. The van der Waals surface area contributed by atoms with E-state index in [1.807, 2.05) is 0 Å². The van der Waals surface area contributed by atoms with Crippen LogP contribution in [-0.4, -0.2) is 25.0 Å². The SMILES string of the molecule is Oc1cc2c3ccc(O)c(O)c3n(Cc3c(Cl)cccc3Cl)c2cc1O. The molecule has 1 aromatic heterocycles. The Morgan fingerprint density at radius 3 is 2.12 bits per heavy atom. The molecule has 3 aromatic carbocycles. The Kier molecular flexibility index (Phi) is 3.79. The Hall–Kier alpha value is -2.76. The third kappa shape index (κ3) is 2.40. The van der Waals surface area contributed by atoms with Gasteiger partial charge in [0.05, 0.1) is 17.6 Å². The molecular weight excluding hydrogens is 377 g/mol. The highest BCUT2D eigenvalue weighted by molar-refractivity contribution is 6.36. The molecular formula is C19H13Cl2NO4. The maximum atomic E-state index is 10.4. The van der Waals surface area contributed by atoms with Gasteiger partial charge < -0.3 is 25.0 Å². The minimum Gasteiger partial charge on any atom is -0.504 e. The molecule has 0 aliphatic carbocycles. The molecule has 1 heterocycles. The summed E-state index contributed by atoms with van der Waals surface area (Å²) < 4.78 is 1.69. The zero-order chi connectivity index (χ0) is 18.6. The van der Waals surface area contributed by atoms with Crippen LogP contribution in [0, 0.1) is 0 Å². The molecule has 0 fully saturated rings. The zero-order valence-electron chi connectivity index (χ0n) is 13.2. The zero-order valence-corrected chi connectivity index (χ0v) is 14.8. The van der Waals surface area contributed by atoms with Crippen molar-refractivity contribution in [1.82, 2.24) is 4.57 Å². The number of benzene rings is 3. The predicted octanol–water partition coefficient (Wildman–Crippen LogP) is 4.97. The molecule has 4 N–H and O–H groups in total. The molecule has 0 radical (unpaired) electrons. The second-order valence-corrected chi connectivity index (χ2v) is 6.79. The summed E-state index contributed by atoms with van der Waals surface area (Å²) >= 11 is 12.6. The average Bonchev–Trinajstić information content (AvgIpc) is 2.88. The van der Waals surface area contributed by atoms with E-state index in [9.17, 15) is 20.4 Å². The summed E-state index contributed by atoms with van der Waals surface area (Å²) in [6, 6.07) is 10.9. The molecule has 4 rings (SSSR count). The molecule has 0 atom stereocenters. The highest BCUT2D eigenvalue weighted by Gasteiger charge is 2.20. The number of hydrogen-bond acceptors (Lipinski definition) is 4. The number of rotatable bonds is 2. The van der Waals surface area contributed by atoms with Crippen molar-refractivity contribution < 1.29 is 20.4 Å². The van der Waals surface area contributed by atoms with Crippen LogP contribution < -0.4 is 0 Å². The number of nitrogens with zero attached hydrogens (tertiary/aromatic N) is 1. The first-order chi connectivity index (χ1) is 12.4. The van der Waals surface area contributed by atoms with E-state index in [1.165, 1.54) is 18.2 Å². The van der Waals surface area contributed by atoms with Crippen molar-refractivity contribution in [2.24, 2.45) is 0 Å². The van der Waals surface area contributed by atoms with Crippen LogP contribution in [0.25, 0.3) is 21.8 Å². The van der Waals surface area contributed by atoms with E-state index in [-0.39, 0.29) is 29.5 Å². The fourth-order valence-electron chi connectivity index (χ4n) is 3.19. The lowest BCUT2D eigenvalue weighted by atomic mass is 10.1. The lowest BCUT2D eigenvalue weighted by Gasteiger charge is -2.12. The summed E-state index contributed by atoms with van der Waals surface area (Å²) in [5.74, 6) is -1.16.